The minimum atomic E-state index is -0.536. The van der Waals surface area contributed by atoms with Gasteiger partial charge < -0.3 is 15.0 Å². The van der Waals surface area contributed by atoms with Gasteiger partial charge in [-0.15, -0.1) is 0 Å². The minimum Gasteiger partial charge on any atom is -0.497 e. The van der Waals surface area contributed by atoms with E-state index in [-0.39, 0.29) is 17.4 Å². The SMILES string of the molecule is CCC(C(=O)NC(C)(C)C)N(Cc1cccc(OC)c1)C(=O)CCc1ccc(C(C)C)cc1. The van der Waals surface area contributed by atoms with Gasteiger partial charge in [0.15, 0.2) is 0 Å². The second-order valence-electron chi connectivity index (χ2n) is 9.93. The first-order valence-corrected chi connectivity index (χ1v) is 11.9. The van der Waals surface area contributed by atoms with Gasteiger partial charge in [-0.3, -0.25) is 9.59 Å². The number of ether oxygens (including phenoxy) is 1. The molecule has 0 saturated carbocycles. The van der Waals surface area contributed by atoms with E-state index < -0.39 is 6.04 Å². The highest BCUT2D eigenvalue weighted by Gasteiger charge is 2.30. The molecule has 0 aliphatic rings. The van der Waals surface area contributed by atoms with Gasteiger partial charge in [-0.25, -0.2) is 0 Å². The lowest BCUT2D eigenvalue weighted by Crippen LogP contribution is -2.53. The van der Waals surface area contributed by atoms with Crippen molar-refractivity contribution < 1.29 is 14.3 Å². The largest absolute Gasteiger partial charge is 0.497 e. The van der Waals surface area contributed by atoms with Crippen LogP contribution in [-0.2, 0) is 22.6 Å². The van der Waals surface area contributed by atoms with Crippen LogP contribution in [-0.4, -0.2) is 35.4 Å². The second-order valence-corrected chi connectivity index (χ2v) is 9.93. The quantitative estimate of drug-likeness (QED) is 0.520. The number of nitrogens with zero attached hydrogens (tertiary/aromatic N) is 1. The molecule has 1 unspecified atom stereocenters. The van der Waals surface area contributed by atoms with Gasteiger partial charge >= 0.3 is 0 Å². The van der Waals surface area contributed by atoms with E-state index in [4.69, 9.17) is 4.74 Å². The average molecular weight is 453 g/mol. The van der Waals surface area contributed by atoms with Gasteiger partial charge in [0.25, 0.3) is 0 Å². The highest BCUT2D eigenvalue weighted by atomic mass is 16.5. The van der Waals surface area contributed by atoms with Crippen LogP contribution in [0.1, 0.15) is 77.0 Å². The summed E-state index contributed by atoms with van der Waals surface area (Å²) in [5.41, 5.74) is 2.98. The Bertz CT molecular complexity index is 913. The fourth-order valence-corrected chi connectivity index (χ4v) is 3.80. The summed E-state index contributed by atoms with van der Waals surface area (Å²) in [7, 11) is 1.62. The number of aryl methyl sites for hydroxylation is 1. The van der Waals surface area contributed by atoms with E-state index in [1.165, 1.54) is 5.56 Å². The molecule has 0 aliphatic heterocycles. The summed E-state index contributed by atoms with van der Waals surface area (Å²) in [4.78, 5) is 28.3. The van der Waals surface area contributed by atoms with E-state index in [0.29, 0.717) is 31.7 Å². The monoisotopic (exact) mass is 452 g/mol. The molecular weight excluding hydrogens is 412 g/mol. The van der Waals surface area contributed by atoms with Gasteiger partial charge in [0.2, 0.25) is 11.8 Å². The Hall–Kier alpha value is -2.82. The summed E-state index contributed by atoms with van der Waals surface area (Å²) in [5.74, 6) is 1.06. The van der Waals surface area contributed by atoms with Crippen LogP contribution < -0.4 is 10.1 Å². The van der Waals surface area contributed by atoms with Crippen LogP contribution >= 0.6 is 0 Å². The van der Waals surface area contributed by atoms with Crippen molar-refractivity contribution in [3.8, 4) is 5.75 Å². The van der Waals surface area contributed by atoms with E-state index in [1.54, 1.807) is 12.0 Å². The van der Waals surface area contributed by atoms with Crippen LogP contribution in [0.25, 0.3) is 0 Å². The smallest absolute Gasteiger partial charge is 0.243 e. The van der Waals surface area contributed by atoms with Gasteiger partial charge in [-0.05, 0) is 68.4 Å². The highest BCUT2D eigenvalue weighted by Crippen LogP contribution is 2.20. The van der Waals surface area contributed by atoms with Crippen molar-refractivity contribution in [2.75, 3.05) is 7.11 Å². The number of hydrogen-bond acceptors (Lipinski definition) is 3. The zero-order valence-corrected chi connectivity index (χ0v) is 21.3. The molecule has 33 heavy (non-hydrogen) atoms. The van der Waals surface area contributed by atoms with E-state index in [1.807, 2.05) is 52.0 Å². The van der Waals surface area contributed by atoms with Gasteiger partial charge in [-0.2, -0.15) is 0 Å². The molecule has 0 saturated heterocycles. The maximum atomic E-state index is 13.4. The van der Waals surface area contributed by atoms with E-state index >= 15 is 0 Å². The first-order valence-electron chi connectivity index (χ1n) is 11.9. The molecule has 0 aliphatic carbocycles. The third-order valence-electron chi connectivity index (χ3n) is 5.65. The molecule has 0 aromatic heterocycles. The molecule has 0 spiro atoms. The summed E-state index contributed by atoms with van der Waals surface area (Å²) >= 11 is 0. The van der Waals surface area contributed by atoms with Crippen LogP contribution in [0.5, 0.6) is 5.75 Å². The normalized spacial score (nSPS) is 12.4. The van der Waals surface area contributed by atoms with Gasteiger partial charge in [0.05, 0.1) is 7.11 Å². The number of carbonyl (C=O) groups is 2. The Morgan fingerprint density at radius 1 is 1.03 bits per heavy atom. The fraction of sp³-hybridized carbons (Fsp3) is 0.500. The van der Waals surface area contributed by atoms with Crippen LogP contribution in [0.3, 0.4) is 0 Å². The van der Waals surface area contributed by atoms with Gasteiger partial charge in [0, 0.05) is 18.5 Å². The van der Waals surface area contributed by atoms with E-state index in [0.717, 1.165) is 16.9 Å². The van der Waals surface area contributed by atoms with Crippen molar-refractivity contribution >= 4 is 11.8 Å². The number of amides is 2. The molecule has 1 N–H and O–H groups in total. The Morgan fingerprint density at radius 3 is 2.24 bits per heavy atom. The third kappa shape index (κ3) is 8.23. The van der Waals surface area contributed by atoms with Gasteiger partial charge in [-0.1, -0.05) is 57.2 Å². The molecule has 2 rings (SSSR count). The summed E-state index contributed by atoms with van der Waals surface area (Å²) in [6.07, 6.45) is 1.54. The first kappa shape index (κ1) is 26.4. The fourth-order valence-electron chi connectivity index (χ4n) is 3.80. The average Bonchev–Trinajstić information content (AvgIpc) is 2.76. The Labute approximate surface area is 199 Å². The Morgan fingerprint density at radius 2 is 1.70 bits per heavy atom. The standard InChI is InChI=1S/C28H40N2O3/c1-8-25(27(32)29-28(4,5)6)30(19-22-10-9-11-24(18-22)33-7)26(31)17-14-21-12-15-23(16-13-21)20(2)3/h9-13,15-16,18,20,25H,8,14,17,19H2,1-7H3,(H,29,32). The first-order chi connectivity index (χ1) is 15.5. The number of nitrogens with one attached hydrogen (secondary N) is 1. The van der Waals surface area contributed by atoms with Gasteiger partial charge in [0.1, 0.15) is 11.8 Å². The Balaban J connectivity index is 2.23. The molecular formula is C28H40N2O3. The van der Waals surface area contributed by atoms with E-state index in [2.05, 4.69) is 43.4 Å². The van der Waals surface area contributed by atoms with Crippen LogP contribution in [0.15, 0.2) is 48.5 Å². The molecule has 0 fully saturated rings. The predicted molar refractivity (Wildman–Crippen MR) is 134 cm³/mol. The minimum absolute atomic E-state index is 0.0262. The second kappa shape index (κ2) is 11.9. The maximum Gasteiger partial charge on any atom is 0.243 e. The maximum absolute atomic E-state index is 13.4. The van der Waals surface area contributed by atoms with E-state index in [9.17, 15) is 9.59 Å². The molecule has 180 valence electrons. The summed E-state index contributed by atoms with van der Waals surface area (Å²) in [5, 5.41) is 3.05. The lowest BCUT2D eigenvalue weighted by atomic mass is 10.00. The molecule has 0 bridgehead atoms. The van der Waals surface area contributed by atoms with Crippen LogP contribution in [0.4, 0.5) is 0 Å². The number of rotatable bonds is 10. The van der Waals surface area contributed by atoms with Crippen molar-refractivity contribution in [3.63, 3.8) is 0 Å². The number of carbonyl (C=O) groups excluding carboxylic acids is 2. The highest BCUT2D eigenvalue weighted by molar-refractivity contribution is 5.88. The Kier molecular flexibility index (Phi) is 9.51. The third-order valence-corrected chi connectivity index (χ3v) is 5.65. The molecule has 5 heteroatoms. The molecule has 0 heterocycles. The van der Waals surface area contributed by atoms with Crippen molar-refractivity contribution in [1.82, 2.24) is 10.2 Å². The van der Waals surface area contributed by atoms with Crippen molar-refractivity contribution in [3.05, 3.63) is 65.2 Å². The number of benzene rings is 2. The van der Waals surface area contributed by atoms with Crippen molar-refractivity contribution in [2.45, 2.75) is 84.8 Å². The zero-order valence-electron chi connectivity index (χ0n) is 21.3. The number of hydrogen-bond donors (Lipinski definition) is 1. The summed E-state index contributed by atoms with van der Waals surface area (Å²) in [6.45, 7) is 12.5. The summed E-state index contributed by atoms with van der Waals surface area (Å²) in [6, 6.07) is 15.6. The topological polar surface area (TPSA) is 58.6 Å². The molecule has 2 aromatic rings. The van der Waals surface area contributed by atoms with Crippen molar-refractivity contribution in [2.24, 2.45) is 0 Å². The van der Waals surface area contributed by atoms with Crippen molar-refractivity contribution in [1.29, 1.82) is 0 Å². The van der Waals surface area contributed by atoms with Crippen LogP contribution in [0.2, 0.25) is 0 Å². The molecule has 5 nitrogen and oxygen atoms in total. The summed E-state index contributed by atoms with van der Waals surface area (Å²) < 4.78 is 5.35. The lowest BCUT2D eigenvalue weighted by Gasteiger charge is -2.33. The molecule has 1 atom stereocenters. The molecule has 2 amide bonds. The zero-order chi connectivity index (χ0) is 24.6. The van der Waals surface area contributed by atoms with Crippen LogP contribution in [0, 0.1) is 0 Å². The lowest BCUT2D eigenvalue weighted by molar-refractivity contribution is -0.142. The molecule has 0 radical (unpaired) electrons. The number of methoxy groups -OCH3 is 1. The predicted octanol–water partition coefficient (Wildman–Crippen LogP) is 5.47. The molecule has 2 aromatic carbocycles.